The van der Waals surface area contributed by atoms with Crippen molar-refractivity contribution < 1.29 is 9.52 Å². The number of phenolic OH excluding ortho intramolecular Hbond substituents is 1. The lowest BCUT2D eigenvalue weighted by Gasteiger charge is -2.11. The maximum atomic E-state index is 10.7. The summed E-state index contributed by atoms with van der Waals surface area (Å²) in [6, 6.07) is 19.6. The van der Waals surface area contributed by atoms with E-state index >= 15 is 0 Å². The van der Waals surface area contributed by atoms with Gasteiger partial charge in [-0.2, -0.15) is 0 Å². The Balaban J connectivity index is 2.13. The van der Waals surface area contributed by atoms with E-state index in [9.17, 15) is 5.11 Å². The van der Waals surface area contributed by atoms with Gasteiger partial charge in [0.1, 0.15) is 16.9 Å². The number of benzene rings is 3. The quantitative estimate of drug-likeness (QED) is 0.510. The number of phenols is 1. The maximum Gasteiger partial charge on any atom is 0.147 e. The maximum absolute atomic E-state index is 10.7. The van der Waals surface area contributed by atoms with Crippen molar-refractivity contribution in [2.24, 2.45) is 0 Å². The molecule has 1 heterocycles. The third-order valence-corrected chi connectivity index (χ3v) is 3.97. The number of fused-ring (bicyclic) bond motifs is 3. The van der Waals surface area contributed by atoms with E-state index in [0.29, 0.717) is 5.69 Å². The molecule has 0 aliphatic rings. The number of furan rings is 1. The highest BCUT2D eigenvalue weighted by Gasteiger charge is 2.18. The van der Waals surface area contributed by atoms with Crippen LogP contribution < -0.4 is 5.32 Å². The molecular weight excluding hydrogens is 274 g/mol. The molecule has 2 N–H and O–H groups in total. The van der Waals surface area contributed by atoms with Crippen LogP contribution in [-0.4, -0.2) is 12.2 Å². The molecule has 22 heavy (non-hydrogen) atoms. The molecule has 3 nitrogen and oxygen atoms in total. The molecule has 0 bridgehead atoms. The SMILES string of the molecule is CNc1c(O)c(-c2ccccc2)cc2oc3ccccc3c12. The number of nitrogens with one attached hydrogen (secondary N) is 1. The van der Waals surface area contributed by atoms with E-state index in [1.54, 1.807) is 0 Å². The van der Waals surface area contributed by atoms with Crippen molar-refractivity contribution in [1.29, 1.82) is 0 Å². The third-order valence-electron chi connectivity index (χ3n) is 3.97. The van der Waals surface area contributed by atoms with Crippen molar-refractivity contribution in [2.75, 3.05) is 12.4 Å². The molecule has 0 amide bonds. The van der Waals surface area contributed by atoms with Gasteiger partial charge in [-0.3, -0.25) is 0 Å². The molecule has 3 aromatic carbocycles. The van der Waals surface area contributed by atoms with Crippen LogP contribution >= 0.6 is 0 Å². The van der Waals surface area contributed by atoms with Gasteiger partial charge in [-0.25, -0.2) is 0 Å². The first kappa shape index (κ1) is 12.8. The zero-order valence-corrected chi connectivity index (χ0v) is 12.1. The van der Waals surface area contributed by atoms with Crippen molar-refractivity contribution >= 4 is 27.6 Å². The van der Waals surface area contributed by atoms with E-state index in [-0.39, 0.29) is 5.75 Å². The Hall–Kier alpha value is -2.94. The summed E-state index contributed by atoms with van der Waals surface area (Å²) in [6.07, 6.45) is 0. The van der Waals surface area contributed by atoms with Gasteiger partial charge in [-0.1, -0.05) is 48.5 Å². The number of aromatic hydroxyl groups is 1. The van der Waals surface area contributed by atoms with E-state index < -0.39 is 0 Å². The number of anilines is 1. The molecule has 4 rings (SSSR count). The highest BCUT2D eigenvalue weighted by Crippen LogP contribution is 2.44. The fourth-order valence-electron chi connectivity index (χ4n) is 2.96. The second kappa shape index (κ2) is 4.81. The van der Waals surface area contributed by atoms with Gasteiger partial charge in [0.05, 0.1) is 11.1 Å². The van der Waals surface area contributed by atoms with Gasteiger partial charge in [0.2, 0.25) is 0 Å². The van der Waals surface area contributed by atoms with Crippen LogP contribution in [0.2, 0.25) is 0 Å². The number of para-hydroxylation sites is 1. The monoisotopic (exact) mass is 289 g/mol. The van der Waals surface area contributed by atoms with Crippen LogP contribution in [0.15, 0.2) is 65.1 Å². The summed E-state index contributed by atoms with van der Waals surface area (Å²) in [5, 5.41) is 15.7. The summed E-state index contributed by atoms with van der Waals surface area (Å²) in [7, 11) is 1.81. The number of hydrogen-bond donors (Lipinski definition) is 2. The molecule has 0 radical (unpaired) electrons. The van der Waals surface area contributed by atoms with Gasteiger partial charge in [0.15, 0.2) is 0 Å². The van der Waals surface area contributed by atoms with Crippen LogP contribution in [0.3, 0.4) is 0 Å². The largest absolute Gasteiger partial charge is 0.505 e. The van der Waals surface area contributed by atoms with E-state index in [0.717, 1.165) is 33.1 Å². The molecular formula is C19H15NO2. The summed E-state index contributed by atoms with van der Waals surface area (Å²) in [5.41, 5.74) is 4.00. The van der Waals surface area contributed by atoms with Crippen LogP contribution in [0.25, 0.3) is 33.1 Å². The fourth-order valence-corrected chi connectivity index (χ4v) is 2.96. The predicted molar refractivity (Wildman–Crippen MR) is 90.4 cm³/mol. The molecule has 0 aliphatic heterocycles. The highest BCUT2D eigenvalue weighted by atomic mass is 16.3. The minimum atomic E-state index is 0.243. The van der Waals surface area contributed by atoms with Gasteiger partial charge in [0, 0.05) is 18.0 Å². The van der Waals surface area contributed by atoms with Gasteiger partial charge in [-0.15, -0.1) is 0 Å². The van der Waals surface area contributed by atoms with Crippen LogP contribution in [0.5, 0.6) is 5.75 Å². The van der Waals surface area contributed by atoms with Gasteiger partial charge >= 0.3 is 0 Å². The Kier molecular flexibility index (Phi) is 2.79. The summed E-state index contributed by atoms with van der Waals surface area (Å²) in [5.74, 6) is 0.243. The van der Waals surface area contributed by atoms with Gasteiger partial charge < -0.3 is 14.8 Å². The molecule has 4 aromatic rings. The lowest BCUT2D eigenvalue weighted by atomic mass is 10.0. The van der Waals surface area contributed by atoms with Crippen molar-refractivity contribution in [3.05, 3.63) is 60.7 Å². The normalized spacial score (nSPS) is 11.1. The second-order valence-corrected chi connectivity index (χ2v) is 5.24. The lowest BCUT2D eigenvalue weighted by molar-refractivity contribution is 0.480. The van der Waals surface area contributed by atoms with E-state index in [1.165, 1.54) is 0 Å². The fraction of sp³-hybridized carbons (Fsp3) is 0.0526. The summed E-state index contributed by atoms with van der Waals surface area (Å²) in [6.45, 7) is 0. The molecule has 0 saturated carbocycles. The smallest absolute Gasteiger partial charge is 0.147 e. The van der Waals surface area contributed by atoms with E-state index in [4.69, 9.17) is 4.42 Å². The Morgan fingerprint density at radius 2 is 1.64 bits per heavy atom. The van der Waals surface area contributed by atoms with Crippen LogP contribution in [-0.2, 0) is 0 Å². The average molecular weight is 289 g/mol. The number of rotatable bonds is 2. The predicted octanol–water partition coefficient (Wildman–Crippen LogP) is 5.00. The van der Waals surface area contributed by atoms with E-state index in [2.05, 4.69) is 5.32 Å². The molecule has 0 unspecified atom stereocenters. The molecule has 108 valence electrons. The minimum Gasteiger partial charge on any atom is -0.505 e. The standard InChI is InChI=1S/C19H15NO2/c1-20-18-17-13-9-5-6-10-15(13)22-16(17)11-14(19(18)21)12-7-3-2-4-8-12/h2-11,20-21H,1H3. The van der Waals surface area contributed by atoms with Crippen LogP contribution in [0.4, 0.5) is 5.69 Å². The first-order chi connectivity index (χ1) is 10.8. The Morgan fingerprint density at radius 1 is 0.909 bits per heavy atom. The topological polar surface area (TPSA) is 45.4 Å². The van der Waals surface area contributed by atoms with Crippen LogP contribution in [0.1, 0.15) is 0 Å². The van der Waals surface area contributed by atoms with Crippen molar-refractivity contribution in [2.45, 2.75) is 0 Å². The molecule has 0 saturated heterocycles. The zero-order chi connectivity index (χ0) is 15.1. The average Bonchev–Trinajstić information content (AvgIpc) is 2.93. The molecule has 0 atom stereocenters. The Bertz CT molecular complexity index is 971. The van der Waals surface area contributed by atoms with Crippen molar-refractivity contribution in [3.8, 4) is 16.9 Å². The summed E-state index contributed by atoms with van der Waals surface area (Å²) < 4.78 is 5.96. The van der Waals surface area contributed by atoms with Crippen LogP contribution in [0, 0.1) is 0 Å². The first-order valence-electron chi connectivity index (χ1n) is 7.20. The summed E-state index contributed by atoms with van der Waals surface area (Å²) in [4.78, 5) is 0. The van der Waals surface area contributed by atoms with Crippen molar-refractivity contribution in [1.82, 2.24) is 0 Å². The lowest BCUT2D eigenvalue weighted by Crippen LogP contribution is -1.91. The molecule has 0 spiro atoms. The Labute approximate surface area is 127 Å². The zero-order valence-electron chi connectivity index (χ0n) is 12.1. The highest BCUT2D eigenvalue weighted by molar-refractivity contribution is 6.14. The molecule has 0 fully saturated rings. The second-order valence-electron chi connectivity index (χ2n) is 5.24. The van der Waals surface area contributed by atoms with Gasteiger partial charge in [0.25, 0.3) is 0 Å². The summed E-state index contributed by atoms with van der Waals surface area (Å²) >= 11 is 0. The molecule has 1 aromatic heterocycles. The minimum absolute atomic E-state index is 0.243. The van der Waals surface area contributed by atoms with Crippen molar-refractivity contribution in [3.63, 3.8) is 0 Å². The Morgan fingerprint density at radius 3 is 2.41 bits per heavy atom. The molecule has 0 aliphatic carbocycles. The van der Waals surface area contributed by atoms with Gasteiger partial charge in [-0.05, 0) is 17.7 Å². The first-order valence-corrected chi connectivity index (χ1v) is 7.20. The van der Waals surface area contributed by atoms with E-state index in [1.807, 2.05) is 67.7 Å². The number of hydrogen-bond acceptors (Lipinski definition) is 3. The third kappa shape index (κ3) is 1.76. The molecule has 3 heteroatoms.